The molecule has 3 fully saturated rings. The highest BCUT2D eigenvalue weighted by Gasteiger charge is 2.74. The quantitative estimate of drug-likeness (QED) is 0.361. The predicted octanol–water partition coefficient (Wildman–Crippen LogP) is 2.65. The van der Waals surface area contributed by atoms with Gasteiger partial charge in [-0.15, -0.1) is 13.2 Å². The van der Waals surface area contributed by atoms with Crippen LogP contribution >= 0.6 is 11.6 Å². The van der Waals surface area contributed by atoms with Crippen molar-refractivity contribution in [1.82, 2.24) is 9.80 Å². The van der Waals surface area contributed by atoms with Gasteiger partial charge >= 0.3 is 0 Å². The summed E-state index contributed by atoms with van der Waals surface area (Å²) in [5, 5.41) is 9.87. The van der Waals surface area contributed by atoms with Crippen LogP contribution < -0.4 is 4.90 Å². The number of fused-ring (bicyclic) bond motifs is 1. The molecule has 36 heavy (non-hydrogen) atoms. The lowest BCUT2D eigenvalue weighted by molar-refractivity contribution is -0.144. The average Bonchev–Trinajstić information content (AvgIpc) is 3.50. The van der Waals surface area contributed by atoms with E-state index in [0.29, 0.717) is 49.5 Å². The van der Waals surface area contributed by atoms with Gasteiger partial charge in [0.05, 0.1) is 17.9 Å². The molecule has 5 atom stereocenters. The first-order valence-electron chi connectivity index (χ1n) is 12.4. The van der Waals surface area contributed by atoms with Crippen LogP contribution in [0, 0.1) is 11.8 Å². The van der Waals surface area contributed by atoms with E-state index in [-0.39, 0.29) is 30.9 Å². The van der Waals surface area contributed by atoms with E-state index in [2.05, 4.69) is 13.2 Å². The molecule has 8 nitrogen and oxygen atoms in total. The Hall–Kier alpha value is -2.68. The summed E-state index contributed by atoms with van der Waals surface area (Å²) in [6, 6.07) is 6.06. The number of unbranched alkanes of at least 4 members (excludes halogenated alkanes) is 1. The highest BCUT2D eigenvalue weighted by molar-refractivity contribution is 6.30. The molecule has 0 aliphatic carbocycles. The van der Waals surface area contributed by atoms with Gasteiger partial charge in [0.1, 0.15) is 11.6 Å². The fraction of sp³-hybridized carbons (Fsp3) is 0.519. The van der Waals surface area contributed by atoms with Crippen LogP contribution in [0.5, 0.6) is 0 Å². The molecule has 3 heterocycles. The second-order valence-electron chi connectivity index (χ2n) is 9.74. The van der Waals surface area contributed by atoms with Gasteiger partial charge in [-0.2, -0.15) is 0 Å². The fourth-order valence-corrected chi connectivity index (χ4v) is 6.23. The van der Waals surface area contributed by atoms with E-state index in [1.807, 2.05) is 0 Å². The molecule has 9 heteroatoms. The van der Waals surface area contributed by atoms with Crippen LogP contribution in [-0.4, -0.2) is 83.7 Å². The minimum absolute atomic E-state index is 0.00535. The number of carbonyl (C=O) groups is 3. The topological polar surface area (TPSA) is 90.4 Å². The number of benzene rings is 1. The minimum Gasteiger partial charge on any atom is -0.396 e. The number of carbonyl (C=O) groups excluding carboxylic acids is 3. The monoisotopic (exact) mass is 515 g/mol. The first kappa shape index (κ1) is 26.4. The Labute approximate surface area is 217 Å². The van der Waals surface area contributed by atoms with Gasteiger partial charge in [0, 0.05) is 44.0 Å². The summed E-state index contributed by atoms with van der Waals surface area (Å²) in [5.74, 6) is -2.03. The maximum atomic E-state index is 14.3. The highest BCUT2D eigenvalue weighted by atomic mass is 35.5. The molecule has 3 amide bonds. The third-order valence-electron chi connectivity index (χ3n) is 7.62. The zero-order valence-electron chi connectivity index (χ0n) is 20.6. The summed E-state index contributed by atoms with van der Waals surface area (Å²) >= 11 is 6.07. The number of ether oxygens (including phenoxy) is 1. The normalized spacial score (nSPS) is 28.2. The van der Waals surface area contributed by atoms with Gasteiger partial charge in [-0.3, -0.25) is 14.4 Å². The second kappa shape index (κ2) is 10.7. The van der Waals surface area contributed by atoms with Gasteiger partial charge in [0.25, 0.3) is 5.91 Å². The Morgan fingerprint density at radius 1 is 1.19 bits per heavy atom. The molecule has 3 aliphatic heterocycles. The van der Waals surface area contributed by atoms with Crippen molar-refractivity contribution < 1.29 is 24.2 Å². The number of aliphatic hydroxyl groups excluding tert-OH is 1. The molecule has 1 spiro atoms. The summed E-state index contributed by atoms with van der Waals surface area (Å²) < 4.78 is 6.49. The van der Waals surface area contributed by atoms with Crippen LogP contribution in [0.2, 0.25) is 5.02 Å². The van der Waals surface area contributed by atoms with Crippen LogP contribution in [0.3, 0.4) is 0 Å². The van der Waals surface area contributed by atoms with Crippen LogP contribution in [0.1, 0.15) is 25.7 Å². The minimum atomic E-state index is -1.07. The predicted molar refractivity (Wildman–Crippen MR) is 137 cm³/mol. The Kier molecular flexibility index (Phi) is 7.87. The van der Waals surface area contributed by atoms with E-state index in [9.17, 15) is 19.5 Å². The van der Waals surface area contributed by atoms with Gasteiger partial charge in [-0.25, -0.2) is 0 Å². The van der Waals surface area contributed by atoms with Crippen molar-refractivity contribution in [2.45, 2.75) is 43.4 Å². The lowest BCUT2D eigenvalue weighted by atomic mass is 9.70. The molecule has 0 aromatic heterocycles. The zero-order valence-corrected chi connectivity index (χ0v) is 21.4. The molecule has 2 unspecified atom stereocenters. The van der Waals surface area contributed by atoms with Crippen LogP contribution in [0.15, 0.2) is 49.6 Å². The van der Waals surface area contributed by atoms with E-state index in [0.717, 1.165) is 0 Å². The maximum absolute atomic E-state index is 14.3. The van der Waals surface area contributed by atoms with Crippen molar-refractivity contribution >= 4 is 35.0 Å². The standard InChI is InChI=1S/C27H34ClN3O5/c1-4-14-29(3)24(33)21-20-12-13-27(36-20)22(21)25(34)31(16-6-7-17-32)23(27)26(35)30(15-5-2)19-10-8-18(28)9-11-19/h4-5,8-11,20-23,32H,1-2,6-7,12-17H2,3H3/t20-,21+,22-,23?,27?/m0/s1. The number of nitrogens with zero attached hydrogens (tertiary/aromatic N) is 3. The summed E-state index contributed by atoms with van der Waals surface area (Å²) in [6.07, 6.45) is 5.05. The molecule has 3 aliphatic rings. The molecule has 0 saturated carbocycles. The van der Waals surface area contributed by atoms with Gasteiger partial charge in [-0.05, 0) is 49.9 Å². The van der Waals surface area contributed by atoms with E-state index in [1.54, 1.807) is 58.2 Å². The highest BCUT2D eigenvalue weighted by Crippen LogP contribution is 2.59. The van der Waals surface area contributed by atoms with Crippen molar-refractivity contribution in [3.05, 3.63) is 54.6 Å². The first-order valence-corrected chi connectivity index (χ1v) is 12.8. The van der Waals surface area contributed by atoms with Crippen molar-refractivity contribution in [2.24, 2.45) is 11.8 Å². The molecule has 0 radical (unpaired) electrons. The number of rotatable bonds is 11. The van der Waals surface area contributed by atoms with E-state index in [4.69, 9.17) is 16.3 Å². The van der Waals surface area contributed by atoms with Crippen molar-refractivity contribution in [3.8, 4) is 0 Å². The van der Waals surface area contributed by atoms with E-state index < -0.39 is 29.6 Å². The molecule has 194 valence electrons. The van der Waals surface area contributed by atoms with Crippen molar-refractivity contribution in [2.75, 3.05) is 38.2 Å². The molecule has 1 N–H and O–H groups in total. The fourth-order valence-electron chi connectivity index (χ4n) is 6.11. The van der Waals surface area contributed by atoms with Gasteiger partial charge in [-0.1, -0.05) is 23.8 Å². The largest absolute Gasteiger partial charge is 0.396 e. The number of hydrogen-bond donors (Lipinski definition) is 1. The SMILES string of the molecule is C=CCN(C)C(=O)[C@@H]1[C@@H]2CCC3(O2)C(C(=O)N(CC=C)c2ccc(Cl)cc2)N(CCCCO)C(=O)[C@H]13. The van der Waals surface area contributed by atoms with Crippen molar-refractivity contribution in [1.29, 1.82) is 0 Å². The Morgan fingerprint density at radius 2 is 1.89 bits per heavy atom. The summed E-state index contributed by atoms with van der Waals surface area (Å²) in [7, 11) is 1.69. The number of halogens is 1. The van der Waals surface area contributed by atoms with E-state index in [1.165, 1.54) is 0 Å². The van der Waals surface area contributed by atoms with Crippen LogP contribution in [0.4, 0.5) is 5.69 Å². The van der Waals surface area contributed by atoms with Gasteiger partial charge < -0.3 is 24.5 Å². The summed E-state index contributed by atoms with van der Waals surface area (Å²) in [6.45, 7) is 8.42. The molecule has 2 bridgehead atoms. The number of anilines is 1. The number of hydrogen-bond acceptors (Lipinski definition) is 5. The first-order chi connectivity index (χ1) is 17.3. The second-order valence-corrected chi connectivity index (χ2v) is 10.2. The number of aliphatic hydroxyl groups is 1. The molecular weight excluding hydrogens is 482 g/mol. The lowest BCUT2D eigenvalue weighted by Crippen LogP contribution is -2.56. The van der Waals surface area contributed by atoms with Crippen LogP contribution in [-0.2, 0) is 19.1 Å². The number of amides is 3. The van der Waals surface area contributed by atoms with E-state index >= 15 is 0 Å². The Balaban J connectivity index is 1.74. The average molecular weight is 516 g/mol. The zero-order chi connectivity index (χ0) is 26.0. The van der Waals surface area contributed by atoms with Crippen molar-refractivity contribution in [3.63, 3.8) is 0 Å². The molecule has 4 rings (SSSR count). The van der Waals surface area contributed by atoms with Gasteiger partial charge in [0.15, 0.2) is 0 Å². The Bertz CT molecular complexity index is 1030. The molecular formula is C27H34ClN3O5. The maximum Gasteiger partial charge on any atom is 0.253 e. The molecule has 1 aromatic carbocycles. The lowest BCUT2D eigenvalue weighted by Gasteiger charge is -2.37. The van der Waals surface area contributed by atoms with Crippen LogP contribution in [0.25, 0.3) is 0 Å². The third-order valence-corrected chi connectivity index (χ3v) is 7.87. The molecule has 3 saturated heterocycles. The molecule has 1 aromatic rings. The number of likely N-dealkylation sites (N-methyl/N-ethyl adjacent to an activating group) is 1. The van der Waals surface area contributed by atoms with Gasteiger partial charge in [0.2, 0.25) is 11.8 Å². The summed E-state index contributed by atoms with van der Waals surface area (Å²) in [4.78, 5) is 46.3. The Morgan fingerprint density at radius 3 is 2.53 bits per heavy atom. The summed E-state index contributed by atoms with van der Waals surface area (Å²) in [5.41, 5.74) is -0.433. The smallest absolute Gasteiger partial charge is 0.253 e. The third kappa shape index (κ3) is 4.35. The number of likely N-dealkylation sites (tertiary alicyclic amines) is 1.